The van der Waals surface area contributed by atoms with Gasteiger partial charge < -0.3 is 10.7 Å². The maximum Gasteiger partial charge on any atom is 0.224 e. The largest absolute Gasteiger partial charge is 0.369 e. The summed E-state index contributed by atoms with van der Waals surface area (Å²) in [5.41, 5.74) is 5.72. The fourth-order valence-corrected chi connectivity index (χ4v) is 3.93. The molecule has 3 rings (SSSR count). The molecule has 98 valence electrons. The number of aromatic nitrogens is 3. The first kappa shape index (κ1) is 12.1. The number of anilines is 1. The lowest BCUT2D eigenvalue weighted by atomic mass is 9.67. The molecule has 0 aliphatic heterocycles. The standard InChI is InChI=1S/C13H20N4S/c14-12-15-11(16-13(18)17-12)10-6-5-8-3-1-2-4-9(8)7-10/h8-10H,1-7H2,(H3,14,15,16,17,18). The highest BCUT2D eigenvalue weighted by molar-refractivity contribution is 7.71. The lowest BCUT2D eigenvalue weighted by molar-refractivity contribution is 0.153. The maximum absolute atomic E-state index is 5.72. The first-order chi connectivity index (χ1) is 8.72. The number of aromatic amines is 1. The van der Waals surface area contributed by atoms with Gasteiger partial charge in [0.1, 0.15) is 5.82 Å². The molecule has 0 bridgehead atoms. The van der Waals surface area contributed by atoms with Crippen LogP contribution >= 0.6 is 12.2 Å². The molecule has 5 heteroatoms. The number of nitrogens with one attached hydrogen (secondary N) is 1. The van der Waals surface area contributed by atoms with Gasteiger partial charge in [-0.1, -0.05) is 25.7 Å². The molecule has 0 amide bonds. The average Bonchev–Trinajstić information content (AvgIpc) is 2.37. The number of H-pyrrole nitrogens is 1. The van der Waals surface area contributed by atoms with Gasteiger partial charge in [0.25, 0.3) is 0 Å². The van der Waals surface area contributed by atoms with E-state index in [1.807, 2.05) is 0 Å². The summed E-state index contributed by atoms with van der Waals surface area (Å²) in [6.45, 7) is 0. The highest BCUT2D eigenvalue weighted by atomic mass is 32.1. The van der Waals surface area contributed by atoms with Crippen molar-refractivity contribution in [2.24, 2.45) is 11.8 Å². The van der Waals surface area contributed by atoms with Gasteiger partial charge >= 0.3 is 0 Å². The lowest BCUT2D eigenvalue weighted by Crippen LogP contribution is -2.27. The molecule has 3 atom stereocenters. The molecule has 0 spiro atoms. The van der Waals surface area contributed by atoms with E-state index in [0.29, 0.717) is 16.6 Å². The molecule has 3 N–H and O–H groups in total. The molecule has 18 heavy (non-hydrogen) atoms. The Labute approximate surface area is 112 Å². The summed E-state index contributed by atoms with van der Waals surface area (Å²) in [6, 6.07) is 0. The van der Waals surface area contributed by atoms with Gasteiger partial charge in [0.15, 0.2) is 0 Å². The number of hydrogen-bond acceptors (Lipinski definition) is 4. The van der Waals surface area contributed by atoms with E-state index in [2.05, 4.69) is 15.0 Å². The summed E-state index contributed by atoms with van der Waals surface area (Å²) in [7, 11) is 0. The number of rotatable bonds is 1. The third kappa shape index (κ3) is 2.41. The second kappa shape index (κ2) is 4.96. The molecule has 2 aliphatic carbocycles. The third-order valence-electron chi connectivity index (χ3n) is 4.61. The van der Waals surface area contributed by atoms with Crippen LogP contribution in [0, 0.1) is 16.6 Å². The van der Waals surface area contributed by atoms with Crippen LogP contribution in [0.1, 0.15) is 56.7 Å². The van der Waals surface area contributed by atoms with Crippen molar-refractivity contribution >= 4 is 18.2 Å². The Bertz CT molecular complexity index is 484. The zero-order valence-corrected chi connectivity index (χ0v) is 11.4. The van der Waals surface area contributed by atoms with Crippen molar-refractivity contribution in [3.05, 3.63) is 10.6 Å². The van der Waals surface area contributed by atoms with E-state index in [9.17, 15) is 0 Å². The van der Waals surface area contributed by atoms with E-state index in [1.165, 1.54) is 44.9 Å². The SMILES string of the molecule is Nc1nc(=S)nc(C2CCC3CCCCC3C2)[nH]1. The molecule has 1 heterocycles. The van der Waals surface area contributed by atoms with E-state index < -0.39 is 0 Å². The van der Waals surface area contributed by atoms with Crippen LogP contribution in [0.15, 0.2) is 0 Å². The van der Waals surface area contributed by atoms with Gasteiger partial charge in [0, 0.05) is 5.92 Å². The predicted molar refractivity (Wildman–Crippen MR) is 73.7 cm³/mol. The minimum Gasteiger partial charge on any atom is -0.369 e. The molecule has 2 saturated carbocycles. The molecule has 0 aromatic carbocycles. The Morgan fingerprint density at radius 2 is 1.83 bits per heavy atom. The van der Waals surface area contributed by atoms with E-state index in [1.54, 1.807) is 0 Å². The molecular formula is C13H20N4S. The van der Waals surface area contributed by atoms with Crippen molar-refractivity contribution in [2.45, 2.75) is 50.9 Å². The molecule has 4 nitrogen and oxygen atoms in total. The first-order valence-electron chi connectivity index (χ1n) is 6.96. The number of nitrogen functional groups attached to an aromatic ring is 1. The maximum atomic E-state index is 5.72. The first-order valence-corrected chi connectivity index (χ1v) is 7.37. The van der Waals surface area contributed by atoms with Gasteiger partial charge in [-0.3, -0.25) is 0 Å². The predicted octanol–water partition coefficient (Wildman–Crippen LogP) is 3.19. The minimum atomic E-state index is 0.368. The molecule has 1 aromatic heterocycles. The molecular weight excluding hydrogens is 244 g/mol. The topological polar surface area (TPSA) is 67.6 Å². The van der Waals surface area contributed by atoms with E-state index in [0.717, 1.165) is 17.7 Å². The summed E-state index contributed by atoms with van der Waals surface area (Å²) in [5.74, 6) is 3.69. The summed E-state index contributed by atoms with van der Waals surface area (Å²) in [6.07, 6.45) is 9.43. The average molecular weight is 264 g/mol. The molecule has 2 fully saturated rings. The van der Waals surface area contributed by atoms with Crippen LogP contribution in [-0.4, -0.2) is 15.0 Å². The van der Waals surface area contributed by atoms with Crippen molar-refractivity contribution in [3.63, 3.8) is 0 Å². The molecule has 2 aliphatic rings. The Morgan fingerprint density at radius 1 is 1.06 bits per heavy atom. The highest BCUT2D eigenvalue weighted by Gasteiger charge is 2.33. The van der Waals surface area contributed by atoms with Crippen molar-refractivity contribution < 1.29 is 0 Å². The fourth-order valence-electron chi connectivity index (χ4n) is 3.73. The fraction of sp³-hybridized carbons (Fsp3) is 0.769. The van der Waals surface area contributed by atoms with Gasteiger partial charge in [-0.2, -0.15) is 4.98 Å². The van der Waals surface area contributed by atoms with Crippen LogP contribution in [0.2, 0.25) is 0 Å². The van der Waals surface area contributed by atoms with Gasteiger partial charge in [0.2, 0.25) is 10.7 Å². The molecule has 1 aromatic rings. The van der Waals surface area contributed by atoms with Crippen molar-refractivity contribution in [3.8, 4) is 0 Å². The zero-order valence-electron chi connectivity index (χ0n) is 10.6. The smallest absolute Gasteiger partial charge is 0.224 e. The van der Waals surface area contributed by atoms with E-state index >= 15 is 0 Å². The summed E-state index contributed by atoms with van der Waals surface area (Å²) in [4.78, 5) is 11.4. The van der Waals surface area contributed by atoms with Crippen LogP contribution in [0.5, 0.6) is 0 Å². The number of nitrogens with two attached hydrogens (primary N) is 1. The normalized spacial score (nSPS) is 31.9. The molecule has 3 unspecified atom stereocenters. The van der Waals surface area contributed by atoms with Gasteiger partial charge in [0.05, 0.1) is 0 Å². The Morgan fingerprint density at radius 3 is 2.61 bits per heavy atom. The monoisotopic (exact) mass is 264 g/mol. The van der Waals surface area contributed by atoms with Gasteiger partial charge in [-0.15, -0.1) is 0 Å². The molecule has 0 saturated heterocycles. The van der Waals surface area contributed by atoms with E-state index in [-0.39, 0.29) is 0 Å². The van der Waals surface area contributed by atoms with E-state index in [4.69, 9.17) is 18.0 Å². The second-order valence-electron chi connectivity index (χ2n) is 5.72. The van der Waals surface area contributed by atoms with Crippen LogP contribution in [0.25, 0.3) is 0 Å². The second-order valence-corrected chi connectivity index (χ2v) is 6.08. The lowest BCUT2D eigenvalue weighted by Gasteiger charge is -2.38. The van der Waals surface area contributed by atoms with Crippen molar-refractivity contribution in [2.75, 3.05) is 5.73 Å². The van der Waals surface area contributed by atoms with Gasteiger partial charge in [-0.05, 0) is 43.3 Å². The van der Waals surface area contributed by atoms with Crippen LogP contribution in [0.3, 0.4) is 0 Å². The van der Waals surface area contributed by atoms with Gasteiger partial charge in [-0.25, -0.2) is 4.98 Å². The summed E-state index contributed by atoms with van der Waals surface area (Å²) in [5, 5.41) is 0. The van der Waals surface area contributed by atoms with Crippen molar-refractivity contribution in [1.82, 2.24) is 15.0 Å². The quantitative estimate of drug-likeness (QED) is 0.764. The minimum absolute atomic E-state index is 0.368. The van der Waals surface area contributed by atoms with Crippen LogP contribution < -0.4 is 5.73 Å². The van der Waals surface area contributed by atoms with Crippen molar-refractivity contribution in [1.29, 1.82) is 0 Å². The summed E-state index contributed by atoms with van der Waals surface area (Å²) >= 11 is 5.05. The Balaban J connectivity index is 1.79. The molecule has 0 radical (unpaired) electrons. The number of fused-ring (bicyclic) bond motifs is 1. The Kier molecular flexibility index (Phi) is 3.33. The Hall–Kier alpha value is -0.970. The number of nitrogens with zero attached hydrogens (tertiary/aromatic N) is 2. The third-order valence-corrected chi connectivity index (χ3v) is 4.80. The van der Waals surface area contributed by atoms with Crippen LogP contribution in [0.4, 0.5) is 5.95 Å². The summed E-state index contributed by atoms with van der Waals surface area (Å²) < 4.78 is 0.368. The highest BCUT2D eigenvalue weighted by Crippen LogP contribution is 2.45. The number of hydrogen-bond donors (Lipinski definition) is 2. The zero-order chi connectivity index (χ0) is 12.5. The van der Waals surface area contributed by atoms with Crippen LogP contribution in [-0.2, 0) is 0 Å².